The van der Waals surface area contributed by atoms with Gasteiger partial charge in [0.15, 0.2) is 0 Å². The first kappa shape index (κ1) is 11.4. The van der Waals surface area contributed by atoms with Crippen LogP contribution in [0.15, 0.2) is 11.4 Å². The molecule has 88 valence electrons. The van der Waals surface area contributed by atoms with Crippen LogP contribution in [-0.4, -0.2) is 31.3 Å². The highest BCUT2D eigenvalue weighted by Crippen LogP contribution is 2.32. The zero-order chi connectivity index (χ0) is 11.5. The van der Waals surface area contributed by atoms with Gasteiger partial charge in [0.25, 0.3) is 0 Å². The van der Waals surface area contributed by atoms with E-state index in [1.54, 1.807) is 23.3 Å². The highest BCUT2D eigenvalue weighted by Gasteiger charge is 2.29. The molecular weight excluding hydrogens is 226 g/mol. The third-order valence-corrected chi connectivity index (χ3v) is 3.58. The van der Waals surface area contributed by atoms with Crippen molar-refractivity contribution in [2.45, 2.75) is 19.6 Å². The van der Waals surface area contributed by atoms with E-state index in [0.717, 1.165) is 0 Å². The van der Waals surface area contributed by atoms with Gasteiger partial charge in [-0.1, -0.05) is 0 Å². The summed E-state index contributed by atoms with van der Waals surface area (Å²) in [4.78, 5) is 14.5. The number of carbonyl (C=O) groups excluding carboxylic acids is 1. The summed E-state index contributed by atoms with van der Waals surface area (Å²) >= 11 is 1.65. The van der Waals surface area contributed by atoms with Crippen LogP contribution >= 0.6 is 11.3 Å². The standard InChI is InChI=1S/C11H15NO3S/c1-3-15-11(13)12-6-9(14-2)8-4-5-16-10(8)7-12/h4-5,9H,3,6-7H2,1-2H3. The van der Waals surface area contributed by atoms with Gasteiger partial charge in [-0.25, -0.2) is 4.79 Å². The highest BCUT2D eigenvalue weighted by molar-refractivity contribution is 7.10. The molecule has 16 heavy (non-hydrogen) atoms. The molecule has 0 aliphatic carbocycles. The lowest BCUT2D eigenvalue weighted by molar-refractivity contribution is 0.0390. The Balaban J connectivity index is 2.15. The quantitative estimate of drug-likeness (QED) is 0.798. The van der Waals surface area contributed by atoms with Crippen LogP contribution in [-0.2, 0) is 16.0 Å². The van der Waals surface area contributed by atoms with Gasteiger partial charge in [-0.05, 0) is 23.9 Å². The Morgan fingerprint density at radius 1 is 1.69 bits per heavy atom. The minimum Gasteiger partial charge on any atom is -0.450 e. The second kappa shape index (κ2) is 4.84. The first-order valence-corrected chi connectivity index (χ1v) is 6.15. The second-order valence-electron chi connectivity index (χ2n) is 3.60. The van der Waals surface area contributed by atoms with Gasteiger partial charge in [-0.3, -0.25) is 0 Å². The lowest BCUT2D eigenvalue weighted by atomic mass is 10.1. The molecule has 1 amide bonds. The Hall–Kier alpha value is -1.07. The molecule has 0 radical (unpaired) electrons. The lowest BCUT2D eigenvalue weighted by Gasteiger charge is -2.31. The Labute approximate surface area is 98.8 Å². The smallest absolute Gasteiger partial charge is 0.410 e. The van der Waals surface area contributed by atoms with Crippen molar-refractivity contribution in [3.05, 3.63) is 21.9 Å². The summed E-state index contributed by atoms with van der Waals surface area (Å²) in [6, 6.07) is 2.07. The van der Waals surface area contributed by atoms with Gasteiger partial charge < -0.3 is 14.4 Å². The predicted molar refractivity (Wildman–Crippen MR) is 61.5 cm³/mol. The molecule has 0 N–H and O–H groups in total. The molecule has 4 nitrogen and oxygen atoms in total. The molecule has 1 unspecified atom stereocenters. The maximum atomic E-state index is 11.6. The molecule has 2 heterocycles. The van der Waals surface area contributed by atoms with Crippen molar-refractivity contribution in [2.24, 2.45) is 0 Å². The first-order chi connectivity index (χ1) is 7.76. The molecule has 1 aromatic heterocycles. The number of hydrogen-bond donors (Lipinski definition) is 0. The van der Waals surface area contributed by atoms with Crippen molar-refractivity contribution in [2.75, 3.05) is 20.3 Å². The molecule has 0 bridgehead atoms. The van der Waals surface area contributed by atoms with Crippen molar-refractivity contribution < 1.29 is 14.3 Å². The summed E-state index contributed by atoms with van der Waals surface area (Å²) < 4.78 is 10.4. The Bertz CT molecular complexity index is 377. The van der Waals surface area contributed by atoms with Crippen molar-refractivity contribution in [3.8, 4) is 0 Å². The largest absolute Gasteiger partial charge is 0.450 e. The summed E-state index contributed by atoms with van der Waals surface area (Å²) in [6.45, 7) is 3.42. The Morgan fingerprint density at radius 3 is 3.19 bits per heavy atom. The van der Waals surface area contributed by atoms with Crippen LogP contribution < -0.4 is 0 Å². The lowest BCUT2D eigenvalue weighted by Crippen LogP contribution is -2.38. The molecule has 0 saturated heterocycles. The Kier molecular flexibility index (Phi) is 3.46. The van der Waals surface area contributed by atoms with Crippen LogP contribution in [0, 0.1) is 0 Å². The normalized spacial score (nSPS) is 19.4. The third-order valence-electron chi connectivity index (χ3n) is 2.66. The van der Waals surface area contributed by atoms with Gasteiger partial charge >= 0.3 is 6.09 Å². The summed E-state index contributed by atoms with van der Waals surface area (Å²) in [5.41, 5.74) is 1.20. The number of carbonyl (C=O) groups is 1. The number of methoxy groups -OCH3 is 1. The van der Waals surface area contributed by atoms with Gasteiger partial charge in [-0.2, -0.15) is 0 Å². The molecule has 2 rings (SSSR count). The minimum absolute atomic E-state index is 0.0283. The summed E-state index contributed by atoms with van der Waals surface area (Å²) in [5, 5.41) is 2.03. The summed E-state index contributed by atoms with van der Waals surface area (Å²) in [5.74, 6) is 0. The maximum absolute atomic E-state index is 11.6. The van der Waals surface area contributed by atoms with E-state index in [-0.39, 0.29) is 12.2 Å². The number of ether oxygens (including phenoxy) is 2. The van der Waals surface area contributed by atoms with Crippen molar-refractivity contribution in [3.63, 3.8) is 0 Å². The SMILES string of the molecule is CCOC(=O)N1Cc2sccc2C(OC)C1. The van der Waals surface area contributed by atoms with E-state index in [1.165, 1.54) is 10.4 Å². The van der Waals surface area contributed by atoms with Gasteiger partial charge in [0, 0.05) is 12.0 Å². The van der Waals surface area contributed by atoms with Crippen molar-refractivity contribution >= 4 is 17.4 Å². The second-order valence-corrected chi connectivity index (χ2v) is 4.60. The minimum atomic E-state index is -0.261. The van der Waals surface area contributed by atoms with E-state index in [0.29, 0.717) is 19.7 Å². The van der Waals surface area contributed by atoms with Crippen LogP contribution in [0.3, 0.4) is 0 Å². The molecule has 1 aromatic rings. The number of rotatable bonds is 2. The van der Waals surface area contributed by atoms with Crippen molar-refractivity contribution in [1.29, 1.82) is 0 Å². The van der Waals surface area contributed by atoms with Crippen LogP contribution in [0.1, 0.15) is 23.5 Å². The number of amides is 1. The van der Waals surface area contributed by atoms with E-state index in [9.17, 15) is 4.79 Å². The fourth-order valence-electron chi connectivity index (χ4n) is 1.86. The molecule has 1 aliphatic heterocycles. The van der Waals surface area contributed by atoms with E-state index < -0.39 is 0 Å². The average Bonchev–Trinajstić information content (AvgIpc) is 2.75. The molecule has 1 aliphatic rings. The maximum Gasteiger partial charge on any atom is 0.410 e. The van der Waals surface area contributed by atoms with Gasteiger partial charge in [-0.15, -0.1) is 11.3 Å². The van der Waals surface area contributed by atoms with Gasteiger partial charge in [0.2, 0.25) is 0 Å². The molecule has 0 spiro atoms. The fourth-order valence-corrected chi connectivity index (χ4v) is 2.80. The van der Waals surface area contributed by atoms with Crippen LogP contribution in [0.4, 0.5) is 4.79 Å². The van der Waals surface area contributed by atoms with Gasteiger partial charge in [0.1, 0.15) is 6.10 Å². The highest BCUT2D eigenvalue weighted by atomic mass is 32.1. The van der Waals surface area contributed by atoms with Crippen LogP contribution in [0.5, 0.6) is 0 Å². The molecular formula is C11H15NO3S. The molecule has 5 heteroatoms. The van der Waals surface area contributed by atoms with E-state index >= 15 is 0 Å². The van der Waals surface area contributed by atoms with E-state index in [4.69, 9.17) is 9.47 Å². The van der Waals surface area contributed by atoms with E-state index in [2.05, 4.69) is 6.07 Å². The zero-order valence-electron chi connectivity index (χ0n) is 9.43. The topological polar surface area (TPSA) is 38.8 Å². The molecule has 1 atom stereocenters. The summed E-state index contributed by atoms with van der Waals surface area (Å²) in [7, 11) is 1.67. The first-order valence-electron chi connectivity index (χ1n) is 5.27. The molecule has 0 fully saturated rings. The summed E-state index contributed by atoms with van der Waals surface area (Å²) in [6.07, 6.45) is -0.289. The predicted octanol–water partition coefficient (Wildman–Crippen LogP) is 2.41. The Morgan fingerprint density at radius 2 is 2.50 bits per heavy atom. The zero-order valence-corrected chi connectivity index (χ0v) is 10.3. The molecule has 0 saturated carbocycles. The number of thiophene rings is 1. The molecule has 0 aromatic carbocycles. The van der Waals surface area contributed by atoms with Gasteiger partial charge in [0.05, 0.1) is 19.7 Å². The fraction of sp³-hybridized carbons (Fsp3) is 0.545. The number of fused-ring (bicyclic) bond motifs is 1. The average molecular weight is 241 g/mol. The number of hydrogen-bond acceptors (Lipinski definition) is 4. The van der Waals surface area contributed by atoms with Crippen LogP contribution in [0.2, 0.25) is 0 Å². The monoisotopic (exact) mass is 241 g/mol. The van der Waals surface area contributed by atoms with E-state index in [1.807, 2.05) is 12.3 Å². The number of nitrogens with zero attached hydrogens (tertiary/aromatic N) is 1. The van der Waals surface area contributed by atoms with Crippen molar-refractivity contribution in [1.82, 2.24) is 4.90 Å². The van der Waals surface area contributed by atoms with Crippen LogP contribution in [0.25, 0.3) is 0 Å². The third kappa shape index (κ3) is 2.05.